The molecule has 9 nitrogen and oxygen atoms in total. The average molecular weight is 462 g/mol. The molecule has 3 heterocycles. The van der Waals surface area contributed by atoms with E-state index in [2.05, 4.69) is 17.1 Å². The molecule has 0 radical (unpaired) electrons. The van der Waals surface area contributed by atoms with Gasteiger partial charge in [-0.25, -0.2) is 4.79 Å². The summed E-state index contributed by atoms with van der Waals surface area (Å²) < 4.78 is 10.6. The minimum atomic E-state index is -0.250. The second-order valence-electron chi connectivity index (χ2n) is 8.88. The van der Waals surface area contributed by atoms with Gasteiger partial charge in [0.15, 0.2) is 11.5 Å². The highest BCUT2D eigenvalue weighted by molar-refractivity contribution is 5.90. The van der Waals surface area contributed by atoms with Crippen LogP contribution in [0.1, 0.15) is 45.4 Å². The fourth-order valence-electron chi connectivity index (χ4n) is 5.73. The summed E-state index contributed by atoms with van der Waals surface area (Å²) in [5.41, 5.74) is 0.688. The molecule has 4 rings (SSSR count). The number of piperidine rings is 3. The van der Waals surface area contributed by atoms with Gasteiger partial charge in [0.05, 0.1) is 14.2 Å². The third-order valence-corrected chi connectivity index (χ3v) is 7.00. The number of likely N-dealkylation sites (tertiary alicyclic amines) is 1. The van der Waals surface area contributed by atoms with Crippen molar-refractivity contribution in [2.75, 3.05) is 32.6 Å². The summed E-state index contributed by atoms with van der Waals surface area (Å²) in [6.45, 7) is 3.35. The zero-order valence-corrected chi connectivity index (χ0v) is 19.7. The molecule has 0 spiro atoms. The Morgan fingerprint density at radius 3 is 2.58 bits per heavy atom. The molecule has 2 N–H and O–H groups in total. The predicted octanol–water partition coefficient (Wildman–Crippen LogP) is 3.44. The van der Waals surface area contributed by atoms with Crippen LogP contribution in [0.4, 0.5) is 10.5 Å². The van der Waals surface area contributed by atoms with E-state index in [1.165, 1.54) is 0 Å². The van der Waals surface area contributed by atoms with Crippen molar-refractivity contribution in [3.05, 3.63) is 18.2 Å². The van der Waals surface area contributed by atoms with E-state index in [0.29, 0.717) is 54.4 Å². The number of fused-ring (bicyclic) bond motifs is 4. The normalized spacial score (nSPS) is 25.8. The highest BCUT2D eigenvalue weighted by Gasteiger charge is 2.49. The second kappa shape index (κ2) is 11.2. The van der Waals surface area contributed by atoms with Gasteiger partial charge in [-0.1, -0.05) is 13.3 Å². The molecule has 2 bridgehead atoms. The lowest BCUT2D eigenvalue weighted by atomic mass is 9.71. The summed E-state index contributed by atoms with van der Waals surface area (Å²) in [7, 11) is 3.18. The lowest BCUT2D eigenvalue weighted by Gasteiger charge is -2.56. The predicted molar refractivity (Wildman–Crippen MR) is 124 cm³/mol. The van der Waals surface area contributed by atoms with Crippen LogP contribution in [0.5, 0.6) is 11.5 Å². The number of amides is 3. The third kappa shape index (κ3) is 5.34. The molecule has 3 fully saturated rings. The molecular formula is C24H35N3O6. The van der Waals surface area contributed by atoms with E-state index in [1.807, 2.05) is 11.0 Å². The van der Waals surface area contributed by atoms with Crippen molar-refractivity contribution in [3.63, 3.8) is 0 Å². The average Bonchev–Trinajstić information content (AvgIpc) is 2.82. The first-order valence-electron chi connectivity index (χ1n) is 11.6. The molecule has 0 unspecified atom stereocenters. The van der Waals surface area contributed by atoms with Crippen LogP contribution < -0.4 is 14.8 Å². The number of hydrogen-bond acceptors (Lipinski definition) is 5. The number of benzene rings is 1. The number of ether oxygens (including phenoxy) is 2. The summed E-state index contributed by atoms with van der Waals surface area (Å²) >= 11 is 0. The zero-order valence-electron chi connectivity index (χ0n) is 19.7. The van der Waals surface area contributed by atoms with Gasteiger partial charge < -0.3 is 29.7 Å². The molecule has 0 aliphatic carbocycles. The zero-order chi connectivity index (χ0) is 24.0. The standard InChI is InChI=1S/C23H33N3O4.CH2O2/c1-4-6-18-15-11-16(19-7-5-8-22(27)26(18)19)14-25(13-15)23(28)24-17-9-10-20(29-2)21(12-17)30-3;2-1-3/h9-10,12,15-16,18-19H,4-8,11,13-14H2,1-3H3,(H,24,28);1H,(H,2,3)/t15-,16+,18-,19-;/m0./s1. The van der Waals surface area contributed by atoms with Gasteiger partial charge in [0.1, 0.15) is 0 Å². The molecule has 3 aliphatic heterocycles. The summed E-state index contributed by atoms with van der Waals surface area (Å²) in [5, 5.41) is 9.91. The topological polar surface area (TPSA) is 108 Å². The molecular weight excluding hydrogens is 426 g/mol. The molecule has 3 aliphatic rings. The van der Waals surface area contributed by atoms with E-state index in [4.69, 9.17) is 19.4 Å². The van der Waals surface area contributed by atoms with Crippen molar-refractivity contribution >= 4 is 24.1 Å². The Balaban J connectivity index is 0.000000968. The van der Waals surface area contributed by atoms with Crippen molar-refractivity contribution in [2.24, 2.45) is 11.8 Å². The summed E-state index contributed by atoms with van der Waals surface area (Å²) in [6, 6.07) is 5.87. The Kier molecular flexibility index (Phi) is 8.41. The van der Waals surface area contributed by atoms with Crippen molar-refractivity contribution in [3.8, 4) is 11.5 Å². The quantitative estimate of drug-likeness (QED) is 0.651. The van der Waals surface area contributed by atoms with Gasteiger partial charge in [0.25, 0.3) is 6.47 Å². The molecule has 1 aromatic rings. The highest BCUT2D eigenvalue weighted by Crippen LogP contribution is 2.43. The maximum Gasteiger partial charge on any atom is 0.321 e. The Hall–Kier alpha value is -2.97. The van der Waals surface area contributed by atoms with Crippen LogP contribution in [0, 0.1) is 11.8 Å². The van der Waals surface area contributed by atoms with Gasteiger partial charge in [-0.3, -0.25) is 9.59 Å². The van der Waals surface area contributed by atoms with Gasteiger partial charge in [-0.05, 0) is 49.7 Å². The fourth-order valence-corrected chi connectivity index (χ4v) is 5.73. The molecule has 0 aromatic heterocycles. The maximum atomic E-state index is 13.1. The molecule has 3 amide bonds. The highest BCUT2D eigenvalue weighted by atomic mass is 16.5. The number of carbonyl (C=O) groups excluding carboxylic acids is 2. The van der Waals surface area contributed by atoms with Crippen LogP contribution in [0.25, 0.3) is 0 Å². The minimum absolute atomic E-state index is 0.0808. The van der Waals surface area contributed by atoms with Gasteiger partial charge >= 0.3 is 6.03 Å². The van der Waals surface area contributed by atoms with E-state index in [9.17, 15) is 9.59 Å². The minimum Gasteiger partial charge on any atom is -0.493 e. The van der Waals surface area contributed by atoms with Crippen molar-refractivity contribution in [1.29, 1.82) is 0 Å². The van der Waals surface area contributed by atoms with E-state index in [1.54, 1.807) is 26.4 Å². The van der Waals surface area contributed by atoms with Gasteiger partial charge in [0, 0.05) is 43.3 Å². The number of hydrogen-bond donors (Lipinski definition) is 2. The number of urea groups is 1. The van der Waals surface area contributed by atoms with Crippen LogP contribution in [-0.2, 0) is 9.59 Å². The SMILES string of the molecule is CCC[C@H]1[C@H]2C[C@H](CN(C(=O)Nc3ccc(OC)c(OC)c3)C2)[C@@H]2CCCC(=O)N21.O=CO. The van der Waals surface area contributed by atoms with Crippen molar-refractivity contribution < 1.29 is 29.0 Å². The van der Waals surface area contributed by atoms with Gasteiger partial charge in [-0.15, -0.1) is 0 Å². The number of rotatable bonds is 5. The van der Waals surface area contributed by atoms with E-state index in [0.717, 1.165) is 32.1 Å². The van der Waals surface area contributed by atoms with E-state index < -0.39 is 0 Å². The first kappa shape index (κ1) is 24.7. The first-order valence-corrected chi connectivity index (χ1v) is 11.6. The van der Waals surface area contributed by atoms with Crippen LogP contribution in [0.3, 0.4) is 0 Å². The summed E-state index contributed by atoms with van der Waals surface area (Å²) in [6.07, 6.45) is 5.91. The lowest BCUT2D eigenvalue weighted by molar-refractivity contribution is -0.151. The smallest absolute Gasteiger partial charge is 0.321 e. The number of nitrogens with zero attached hydrogens (tertiary/aromatic N) is 2. The fraction of sp³-hybridized carbons (Fsp3) is 0.625. The van der Waals surface area contributed by atoms with Crippen molar-refractivity contribution in [1.82, 2.24) is 9.80 Å². The monoisotopic (exact) mass is 461 g/mol. The molecule has 33 heavy (non-hydrogen) atoms. The first-order chi connectivity index (χ1) is 16.0. The molecule has 4 atom stereocenters. The van der Waals surface area contributed by atoms with Crippen LogP contribution in [-0.4, -0.2) is 72.7 Å². The maximum absolute atomic E-state index is 13.1. The number of carbonyl (C=O) groups is 3. The third-order valence-electron chi connectivity index (χ3n) is 7.00. The van der Waals surface area contributed by atoms with Crippen LogP contribution in [0.15, 0.2) is 18.2 Å². The Morgan fingerprint density at radius 2 is 1.91 bits per heavy atom. The largest absolute Gasteiger partial charge is 0.493 e. The molecule has 3 saturated heterocycles. The number of carboxylic acid groups (broad SMARTS) is 1. The number of methoxy groups -OCH3 is 2. The Bertz CT molecular complexity index is 847. The Labute approximate surface area is 195 Å². The van der Waals surface area contributed by atoms with Gasteiger partial charge in [-0.2, -0.15) is 0 Å². The van der Waals surface area contributed by atoms with Crippen LogP contribution in [0.2, 0.25) is 0 Å². The summed E-state index contributed by atoms with van der Waals surface area (Å²) in [5.74, 6) is 2.27. The molecule has 0 saturated carbocycles. The molecule has 182 valence electrons. The number of nitrogens with one attached hydrogen (secondary N) is 1. The van der Waals surface area contributed by atoms with Crippen LogP contribution >= 0.6 is 0 Å². The summed E-state index contributed by atoms with van der Waals surface area (Å²) in [4.78, 5) is 38.4. The van der Waals surface area contributed by atoms with Gasteiger partial charge in [0.2, 0.25) is 5.91 Å². The van der Waals surface area contributed by atoms with E-state index in [-0.39, 0.29) is 24.6 Å². The number of anilines is 1. The molecule has 1 aromatic carbocycles. The molecule has 9 heteroatoms. The van der Waals surface area contributed by atoms with Crippen molar-refractivity contribution in [2.45, 2.75) is 57.5 Å². The van der Waals surface area contributed by atoms with E-state index >= 15 is 0 Å². The Morgan fingerprint density at radius 1 is 1.21 bits per heavy atom. The lowest BCUT2D eigenvalue weighted by Crippen LogP contribution is -2.65. The second-order valence-corrected chi connectivity index (χ2v) is 8.88.